The predicted octanol–water partition coefficient (Wildman–Crippen LogP) is 4.87. The van der Waals surface area contributed by atoms with E-state index in [4.69, 9.17) is 11.6 Å². The van der Waals surface area contributed by atoms with E-state index in [1.165, 1.54) is 0 Å². The summed E-state index contributed by atoms with van der Waals surface area (Å²) in [6.07, 6.45) is 0. The summed E-state index contributed by atoms with van der Waals surface area (Å²) in [4.78, 5) is 16.3. The first-order chi connectivity index (χ1) is 10.5. The molecule has 0 atom stereocenters. The highest BCUT2D eigenvalue weighted by molar-refractivity contribution is 6.32. The van der Waals surface area contributed by atoms with Gasteiger partial charge in [-0.2, -0.15) is 0 Å². The Kier molecular flexibility index (Phi) is 3.59. The molecule has 1 heterocycles. The molecule has 22 heavy (non-hydrogen) atoms. The van der Waals surface area contributed by atoms with Crippen molar-refractivity contribution in [1.82, 2.24) is 4.98 Å². The van der Waals surface area contributed by atoms with Crippen LogP contribution >= 0.6 is 11.6 Å². The van der Waals surface area contributed by atoms with Crippen LogP contribution in [0.5, 0.6) is 0 Å². The van der Waals surface area contributed by atoms with E-state index in [1.54, 1.807) is 18.2 Å². The molecular formula is C18H14ClNO2. The van der Waals surface area contributed by atoms with Gasteiger partial charge in [0.25, 0.3) is 0 Å². The third-order valence-corrected chi connectivity index (χ3v) is 4.23. The maximum absolute atomic E-state index is 11.6. The van der Waals surface area contributed by atoms with E-state index >= 15 is 0 Å². The molecule has 4 heteroatoms. The van der Waals surface area contributed by atoms with Crippen molar-refractivity contribution < 1.29 is 9.90 Å². The summed E-state index contributed by atoms with van der Waals surface area (Å²) in [5.41, 5.74) is 4.27. The van der Waals surface area contributed by atoms with Gasteiger partial charge in [-0.1, -0.05) is 41.9 Å². The van der Waals surface area contributed by atoms with Crippen LogP contribution in [0, 0.1) is 13.8 Å². The number of benzene rings is 2. The van der Waals surface area contributed by atoms with Crippen LogP contribution < -0.4 is 0 Å². The van der Waals surface area contributed by atoms with Crippen molar-refractivity contribution in [3.8, 4) is 11.3 Å². The minimum absolute atomic E-state index is 0.239. The number of carboxylic acids is 1. The zero-order chi connectivity index (χ0) is 15.9. The van der Waals surface area contributed by atoms with Gasteiger partial charge in [-0.25, -0.2) is 9.78 Å². The standard InChI is InChI=1S/C18H14ClNO2/c1-10-5-3-4-6-12(10)16-9-14(18(21)22)13-7-8-15(19)11(2)17(13)20-16/h3-9H,1-2H3,(H,21,22). The highest BCUT2D eigenvalue weighted by atomic mass is 35.5. The first-order valence-corrected chi connectivity index (χ1v) is 7.26. The first-order valence-electron chi connectivity index (χ1n) is 6.88. The van der Waals surface area contributed by atoms with Gasteiger partial charge in [-0.3, -0.25) is 0 Å². The molecule has 0 aliphatic carbocycles. The second-order valence-electron chi connectivity index (χ2n) is 5.24. The number of carbonyl (C=O) groups is 1. The molecule has 110 valence electrons. The molecule has 0 aliphatic heterocycles. The fourth-order valence-corrected chi connectivity index (χ4v) is 2.73. The zero-order valence-corrected chi connectivity index (χ0v) is 13.0. The molecule has 0 spiro atoms. The zero-order valence-electron chi connectivity index (χ0n) is 12.2. The van der Waals surface area contributed by atoms with Gasteiger partial charge in [0, 0.05) is 16.0 Å². The van der Waals surface area contributed by atoms with Crippen molar-refractivity contribution in [3.63, 3.8) is 0 Å². The number of carboxylic acid groups (broad SMARTS) is 1. The minimum Gasteiger partial charge on any atom is -0.478 e. The Morgan fingerprint density at radius 1 is 1.14 bits per heavy atom. The van der Waals surface area contributed by atoms with E-state index in [0.717, 1.165) is 16.7 Å². The number of rotatable bonds is 2. The highest BCUT2D eigenvalue weighted by Gasteiger charge is 2.16. The molecule has 2 aromatic carbocycles. The Hall–Kier alpha value is -2.39. The number of fused-ring (bicyclic) bond motifs is 1. The maximum Gasteiger partial charge on any atom is 0.336 e. The summed E-state index contributed by atoms with van der Waals surface area (Å²) in [6, 6.07) is 12.8. The largest absolute Gasteiger partial charge is 0.478 e. The Balaban J connectivity index is 2.41. The fourth-order valence-electron chi connectivity index (χ4n) is 2.58. The van der Waals surface area contributed by atoms with Gasteiger partial charge in [0.15, 0.2) is 0 Å². The van der Waals surface area contributed by atoms with Crippen LogP contribution in [0.15, 0.2) is 42.5 Å². The molecule has 0 saturated heterocycles. The second-order valence-corrected chi connectivity index (χ2v) is 5.65. The van der Waals surface area contributed by atoms with E-state index in [2.05, 4.69) is 4.98 Å². The third-order valence-electron chi connectivity index (χ3n) is 3.82. The summed E-state index contributed by atoms with van der Waals surface area (Å²) in [6.45, 7) is 3.83. The van der Waals surface area contributed by atoms with E-state index in [0.29, 0.717) is 21.6 Å². The maximum atomic E-state index is 11.6. The number of hydrogen-bond acceptors (Lipinski definition) is 2. The number of pyridine rings is 1. The van der Waals surface area contributed by atoms with Crippen LogP contribution in [0.25, 0.3) is 22.2 Å². The van der Waals surface area contributed by atoms with Crippen molar-refractivity contribution in [2.24, 2.45) is 0 Å². The Bertz CT molecular complexity index is 903. The lowest BCUT2D eigenvalue weighted by Crippen LogP contribution is -2.02. The lowest BCUT2D eigenvalue weighted by molar-refractivity contribution is 0.0699. The highest BCUT2D eigenvalue weighted by Crippen LogP contribution is 2.31. The van der Waals surface area contributed by atoms with Gasteiger partial charge in [-0.15, -0.1) is 0 Å². The van der Waals surface area contributed by atoms with Crippen molar-refractivity contribution in [2.45, 2.75) is 13.8 Å². The lowest BCUT2D eigenvalue weighted by atomic mass is 10.00. The summed E-state index contributed by atoms with van der Waals surface area (Å²) < 4.78 is 0. The number of aromatic nitrogens is 1. The molecule has 3 nitrogen and oxygen atoms in total. The Labute approximate surface area is 133 Å². The van der Waals surface area contributed by atoms with Crippen molar-refractivity contribution in [3.05, 3.63) is 64.2 Å². The summed E-state index contributed by atoms with van der Waals surface area (Å²) >= 11 is 6.16. The van der Waals surface area contributed by atoms with E-state index in [-0.39, 0.29) is 5.56 Å². The van der Waals surface area contributed by atoms with Crippen LogP contribution in [0.4, 0.5) is 0 Å². The summed E-state index contributed by atoms with van der Waals surface area (Å²) in [5.74, 6) is -0.969. The van der Waals surface area contributed by atoms with Crippen LogP contribution in [-0.4, -0.2) is 16.1 Å². The molecule has 3 rings (SSSR count). The van der Waals surface area contributed by atoms with Crippen molar-refractivity contribution in [2.75, 3.05) is 0 Å². The average molecular weight is 312 g/mol. The molecule has 0 bridgehead atoms. The minimum atomic E-state index is -0.969. The molecule has 0 saturated carbocycles. The number of hydrogen-bond donors (Lipinski definition) is 1. The van der Waals surface area contributed by atoms with Crippen LogP contribution in [-0.2, 0) is 0 Å². The number of halogens is 1. The first kappa shape index (κ1) is 14.5. The van der Waals surface area contributed by atoms with Crippen molar-refractivity contribution in [1.29, 1.82) is 0 Å². The summed E-state index contributed by atoms with van der Waals surface area (Å²) in [5, 5.41) is 10.7. The molecule has 0 amide bonds. The molecular weight excluding hydrogens is 298 g/mol. The smallest absolute Gasteiger partial charge is 0.336 e. The van der Waals surface area contributed by atoms with Gasteiger partial charge in [-0.05, 0) is 37.1 Å². The normalized spacial score (nSPS) is 10.9. The lowest BCUT2D eigenvalue weighted by Gasteiger charge is -2.11. The quantitative estimate of drug-likeness (QED) is 0.734. The van der Waals surface area contributed by atoms with E-state index < -0.39 is 5.97 Å². The number of aryl methyl sites for hydroxylation is 2. The topological polar surface area (TPSA) is 50.2 Å². The number of aromatic carboxylic acids is 1. The van der Waals surface area contributed by atoms with Gasteiger partial charge in [0.2, 0.25) is 0 Å². The fraction of sp³-hybridized carbons (Fsp3) is 0.111. The van der Waals surface area contributed by atoms with Crippen LogP contribution in [0.1, 0.15) is 21.5 Å². The van der Waals surface area contributed by atoms with Gasteiger partial charge >= 0.3 is 5.97 Å². The van der Waals surface area contributed by atoms with Gasteiger partial charge in [0.1, 0.15) is 0 Å². The van der Waals surface area contributed by atoms with E-state index in [1.807, 2.05) is 38.1 Å². The molecule has 3 aromatic rings. The predicted molar refractivity (Wildman–Crippen MR) is 88.6 cm³/mol. The molecule has 1 aromatic heterocycles. The Morgan fingerprint density at radius 2 is 1.86 bits per heavy atom. The van der Waals surface area contributed by atoms with Crippen LogP contribution in [0.3, 0.4) is 0 Å². The molecule has 0 unspecified atom stereocenters. The van der Waals surface area contributed by atoms with E-state index in [9.17, 15) is 9.90 Å². The molecule has 0 radical (unpaired) electrons. The molecule has 0 fully saturated rings. The SMILES string of the molecule is Cc1ccccc1-c1cc(C(=O)O)c2ccc(Cl)c(C)c2n1. The molecule has 0 aliphatic rings. The van der Waals surface area contributed by atoms with Crippen molar-refractivity contribution >= 4 is 28.5 Å². The van der Waals surface area contributed by atoms with Gasteiger partial charge in [0.05, 0.1) is 16.8 Å². The molecule has 1 N–H and O–H groups in total. The number of nitrogens with zero attached hydrogens (tertiary/aromatic N) is 1. The third kappa shape index (κ3) is 2.34. The Morgan fingerprint density at radius 3 is 2.55 bits per heavy atom. The average Bonchev–Trinajstić information content (AvgIpc) is 2.50. The summed E-state index contributed by atoms with van der Waals surface area (Å²) in [7, 11) is 0. The monoisotopic (exact) mass is 311 g/mol. The van der Waals surface area contributed by atoms with Crippen LogP contribution in [0.2, 0.25) is 5.02 Å². The second kappa shape index (κ2) is 5.43. The van der Waals surface area contributed by atoms with Gasteiger partial charge < -0.3 is 5.11 Å².